The lowest BCUT2D eigenvalue weighted by atomic mass is 9.74. The number of anilines is 2. The van der Waals surface area contributed by atoms with Crippen molar-refractivity contribution in [1.29, 1.82) is 0 Å². The molecule has 9 heteroatoms. The van der Waals surface area contributed by atoms with Gasteiger partial charge in [-0.25, -0.2) is 5.43 Å². The Hall–Kier alpha value is -2.71. The molecule has 1 aromatic carbocycles. The minimum absolute atomic E-state index is 0.0712. The molecule has 0 saturated heterocycles. The van der Waals surface area contributed by atoms with Gasteiger partial charge in [0.15, 0.2) is 5.84 Å². The Kier molecular flexibility index (Phi) is 4.32. The zero-order chi connectivity index (χ0) is 21.1. The number of fused-ring (bicyclic) bond motifs is 3. The van der Waals surface area contributed by atoms with Crippen LogP contribution in [0.25, 0.3) is 0 Å². The maximum Gasteiger partial charge on any atom is 0.395 e. The van der Waals surface area contributed by atoms with Crippen LogP contribution in [-0.4, -0.2) is 36.1 Å². The van der Waals surface area contributed by atoms with E-state index in [4.69, 9.17) is 4.74 Å². The Bertz CT molecular complexity index is 917. The van der Waals surface area contributed by atoms with Crippen molar-refractivity contribution in [1.82, 2.24) is 5.43 Å². The normalized spacial score (nSPS) is 23.7. The van der Waals surface area contributed by atoms with E-state index < -0.39 is 18.1 Å². The van der Waals surface area contributed by atoms with Crippen LogP contribution in [0.2, 0.25) is 0 Å². The van der Waals surface area contributed by atoms with Crippen molar-refractivity contribution in [2.24, 2.45) is 5.10 Å². The molecule has 2 atom stereocenters. The number of carbonyl (C=O) groups is 1. The second-order valence-electron chi connectivity index (χ2n) is 8.30. The highest BCUT2D eigenvalue weighted by molar-refractivity contribution is 6.09. The SMILES string of the molecule is C=C1CC(C)(Nc2cc3c(cc2C(C)C(F)(F)F)OCC2=NNC(=O)C(C)N23)C1. The first-order valence-corrected chi connectivity index (χ1v) is 9.46. The number of benzene rings is 1. The summed E-state index contributed by atoms with van der Waals surface area (Å²) in [4.78, 5) is 13.8. The number of amides is 1. The summed E-state index contributed by atoms with van der Waals surface area (Å²) in [6.45, 7) is 8.82. The number of carbonyl (C=O) groups excluding carboxylic acids is 1. The van der Waals surface area contributed by atoms with Gasteiger partial charge in [-0.05, 0) is 51.3 Å². The van der Waals surface area contributed by atoms with Crippen LogP contribution in [0.4, 0.5) is 24.5 Å². The van der Waals surface area contributed by atoms with Gasteiger partial charge in [-0.15, -0.1) is 0 Å². The molecule has 0 bridgehead atoms. The zero-order valence-electron chi connectivity index (χ0n) is 16.5. The smallest absolute Gasteiger partial charge is 0.395 e. The molecule has 1 amide bonds. The number of alkyl halides is 3. The Balaban J connectivity index is 1.82. The average molecular weight is 408 g/mol. The van der Waals surface area contributed by atoms with Gasteiger partial charge in [0.1, 0.15) is 18.4 Å². The molecule has 2 heterocycles. The molecule has 1 aliphatic carbocycles. The minimum atomic E-state index is -4.39. The topological polar surface area (TPSA) is 66.0 Å². The third-order valence-corrected chi connectivity index (χ3v) is 5.76. The molecule has 3 aliphatic rings. The molecule has 1 saturated carbocycles. The third-order valence-electron chi connectivity index (χ3n) is 5.76. The monoisotopic (exact) mass is 408 g/mol. The Morgan fingerprint density at radius 2 is 2.10 bits per heavy atom. The standard InChI is InChI=1S/C20H23F3N4O2/c1-10-7-19(4,8-10)24-14-6-15-16(5-13(14)11(2)20(21,22)23)29-9-17-25-26-18(28)12(3)27(15)17/h5-6,11-12,24H,1,7-9H2,2-4H3,(H,26,28). The quantitative estimate of drug-likeness (QED) is 0.745. The lowest BCUT2D eigenvalue weighted by Gasteiger charge is -2.44. The van der Waals surface area contributed by atoms with E-state index in [0.717, 1.165) is 12.5 Å². The summed E-state index contributed by atoms with van der Waals surface area (Å²) in [7, 11) is 0. The van der Waals surface area contributed by atoms with Crippen LogP contribution in [0.5, 0.6) is 5.75 Å². The molecule has 0 aromatic heterocycles. The molecule has 29 heavy (non-hydrogen) atoms. The molecule has 2 N–H and O–H groups in total. The molecule has 2 unspecified atom stereocenters. The van der Waals surface area contributed by atoms with Crippen LogP contribution in [-0.2, 0) is 4.79 Å². The number of ether oxygens (including phenoxy) is 1. The highest BCUT2D eigenvalue weighted by Crippen LogP contribution is 2.47. The van der Waals surface area contributed by atoms with E-state index in [2.05, 4.69) is 22.4 Å². The van der Waals surface area contributed by atoms with Gasteiger partial charge < -0.3 is 15.0 Å². The van der Waals surface area contributed by atoms with Crippen LogP contribution in [0.1, 0.15) is 45.1 Å². The molecule has 4 rings (SSSR count). The summed E-state index contributed by atoms with van der Waals surface area (Å²) in [6, 6.07) is 2.52. The highest BCUT2D eigenvalue weighted by atomic mass is 19.4. The van der Waals surface area contributed by atoms with Crippen LogP contribution < -0.4 is 20.4 Å². The summed E-state index contributed by atoms with van der Waals surface area (Å²) in [5.41, 5.74) is 4.16. The van der Waals surface area contributed by atoms with E-state index >= 15 is 0 Å². The first-order valence-electron chi connectivity index (χ1n) is 9.46. The summed E-state index contributed by atoms with van der Waals surface area (Å²) in [6.07, 6.45) is -3.01. The molecule has 1 aromatic rings. The second-order valence-corrected chi connectivity index (χ2v) is 8.30. The van der Waals surface area contributed by atoms with Gasteiger partial charge in [0.25, 0.3) is 5.91 Å². The summed E-state index contributed by atoms with van der Waals surface area (Å²) >= 11 is 0. The Morgan fingerprint density at radius 3 is 2.72 bits per heavy atom. The van der Waals surface area contributed by atoms with Gasteiger partial charge in [0.2, 0.25) is 0 Å². The van der Waals surface area contributed by atoms with E-state index in [-0.39, 0.29) is 23.6 Å². The fourth-order valence-corrected chi connectivity index (χ4v) is 4.20. The first kappa shape index (κ1) is 19.6. The van der Waals surface area contributed by atoms with Gasteiger partial charge in [0.05, 0.1) is 11.6 Å². The predicted octanol–water partition coefficient (Wildman–Crippen LogP) is 3.90. The number of halogens is 3. The highest BCUT2D eigenvalue weighted by Gasteiger charge is 2.43. The van der Waals surface area contributed by atoms with Crippen LogP contribution in [0.3, 0.4) is 0 Å². The van der Waals surface area contributed by atoms with E-state index in [9.17, 15) is 18.0 Å². The van der Waals surface area contributed by atoms with Crippen molar-refractivity contribution in [2.45, 2.75) is 57.3 Å². The van der Waals surface area contributed by atoms with Crippen LogP contribution in [0.15, 0.2) is 29.4 Å². The number of hydrazone groups is 1. The number of hydrogen-bond donors (Lipinski definition) is 2. The molecule has 0 spiro atoms. The number of amidine groups is 1. The summed E-state index contributed by atoms with van der Waals surface area (Å²) in [5, 5.41) is 7.32. The van der Waals surface area contributed by atoms with Crippen molar-refractivity contribution < 1.29 is 22.7 Å². The summed E-state index contributed by atoms with van der Waals surface area (Å²) < 4.78 is 46.4. The second kappa shape index (κ2) is 6.40. The lowest BCUT2D eigenvalue weighted by Crippen LogP contribution is -2.55. The molecule has 0 radical (unpaired) electrons. The number of hydrogen-bond acceptors (Lipinski definition) is 5. The van der Waals surface area contributed by atoms with Gasteiger partial charge in [-0.3, -0.25) is 4.79 Å². The van der Waals surface area contributed by atoms with Gasteiger partial charge in [0, 0.05) is 11.2 Å². The first-order chi connectivity index (χ1) is 13.5. The van der Waals surface area contributed by atoms with Crippen molar-refractivity contribution in [3.05, 3.63) is 29.8 Å². The molecule has 2 aliphatic heterocycles. The van der Waals surface area contributed by atoms with Gasteiger partial charge >= 0.3 is 6.18 Å². The summed E-state index contributed by atoms with van der Waals surface area (Å²) in [5.74, 6) is -1.14. The van der Waals surface area contributed by atoms with Crippen LogP contribution in [0, 0.1) is 0 Å². The Labute approximate surface area is 166 Å². The Morgan fingerprint density at radius 1 is 1.41 bits per heavy atom. The molecule has 1 fully saturated rings. The van der Waals surface area contributed by atoms with Crippen LogP contribution >= 0.6 is 0 Å². The minimum Gasteiger partial charge on any atom is -0.483 e. The lowest BCUT2D eigenvalue weighted by molar-refractivity contribution is -0.146. The van der Waals surface area contributed by atoms with Crippen molar-refractivity contribution in [3.63, 3.8) is 0 Å². The maximum atomic E-state index is 13.6. The molecule has 6 nitrogen and oxygen atoms in total. The average Bonchev–Trinajstić information content (AvgIpc) is 2.61. The fourth-order valence-electron chi connectivity index (χ4n) is 4.20. The van der Waals surface area contributed by atoms with Crippen molar-refractivity contribution >= 4 is 23.1 Å². The largest absolute Gasteiger partial charge is 0.483 e. The molecular formula is C20H23F3N4O2. The van der Waals surface area contributed by atoms with E-state index in [0.29, 0.717) is 35.8 Å². The predicted molar refractivity (Wildman–Crippen MR) is 104 cm³/mol. The molecule has 156 valence electrons. The zero-order valence-corrected chi connectivity index (χ0v) is 16.5. The molecular weight excluding hydrogens is 385 g/mol. The fraction of sp³-hybridized carbons (Fsp3) is 0.500. The van der Waals surface area contributed by atoms with Gasteiger partial charge in [-0.2, -0.15) is 18.3 Å². The number of rotatable bonds is 3. The van der Waals surface area contributed by atoms with E-state index in [1.807, 2.05) is 6.92 Å². The van der Waals surface area contributed by atoms with E-state index in [1.165, 1.54) is 6.07 Å². The third kappa shape index (κ3) is 3.32. The number of nitrogens with zero attached hydrogens (tertiary/aromatic N) is 2. The maximum absolute atomic E-state index is 13.6. The number of nitrogens with one attached hydrogen (secondary N) is 2. The van der Waals surface area contributed by atoms with Crippen molar-refractivity contribution in [3.8, 4) is 5.75 Å². The van der Waals surface area contributed by atoms with Gasteiger partial charge in [-0.1, -0.05) is 12.2 Å². The van der Waals surface area contributed by atoms with Crippen molar-refractivity contribution in [2.75, 3.05) is 16.8 Å². The van der Waals surface area contributed by atoms with E-state index in [1.54, 1.807) is 17.9 Å².